The van der Waals surface area contributed by atoms with Crippen molar-refractivity contribution in [3.63, 3.8) is 0 Å². The van der Waals surface area contributed by atoms with Crippen molar-refractivity contribution in [1.82, 2.24) is 0 Å². The van der Waals surface area contributed by atoms with Crippen molar-refractivity contribution in [3.05, 3.63) is 33.9 Å². The maximum absolute atomic E-state index is 6.16. The molecule has 0 saturated heterocycles. The van der Waals surface area contributed by atoms with Crippen LogP contribution >= 0.6 is 11.6 Å². The van der Waals surface area contributed by atoms with Gasteiger partial charge >= 0.3 is 0 Å². The van der Waals surface area contributed by atoms with Gasteiger partial charge in [0.25, 0.3) is 0 Å². The first kappa shape index (κ1) is 10.6. The Balaban J connectivity index is 3.46. The Morgan fingerprint density at radius 1 is 1.00 bits per heavy atom. The van der Waals surface area contributed by atoms with Gasteiger partial charge in [0, 0.05) is 0 Å². The summed E-state index contributed by atoms with van der Waals surface area (Å²) in [5.74, 6) is 0. The van der Waals surface area contributed by atoms with E-state index >= 15 is 0 Å². The molecule has 0 radical (unpaired) electrons. The maximum atomic E-state index is 6.16. The number of hydrogen-bond donors (Lipinski definition) is 0. The van der Waals surface area contributed by atoms with Crippen molar-refractivity contribution in [1.29, 1.82) is 0 Å². The van der Waals surface area contributed by atoms with E-state index in [4.69, 9.17) is 11.6 Å². The van der Waals surface area contributed by atoms with Crippen molar-refractivity contribution in [3.8, 4) is 0 Å². The fourth-order valence-corrected chi connectivity index (χ4v) is 2.17. The van der Waals surface area contributed by atoms with Gasteiger partial charge in [-0.3, -0.25) is 0 Å². The van der Waals surface area contributed by atoms with Crippen LogP contribution in [0, 0.1) is 27.7 Å². The zero-order valence-electron chi connectivity index (χ0n) is 9.03. The third-order valence-electron chi connectivity index (χ3n) is 2.82. The van der Waals surface area contributed by atoms with Crippen LogP contribution < -0.4 is 0 Å². The van der Waals surface area contributed by atoms with Gasteiger partial charge in [-0.1, -0.05) is 6.07 Å². The maximum Gasteiger partial charge on any atom is 0.0562 e. The van der Waals surface area contributed by atoms with Crippen LogP contribution in [0.1, 0.15) is 40.1 Å². The molecule has 1 atom stereocenters. The summed E-state index contributed by atoms with van der Waals surface area (Å²) >= 11 is 6.16. The van der Waals surface area contributed by atoms with Gasteiger partial charge < -0.3 is 0 Å². The lowest BCUT2D eigenvalue weighted by molar-refractivity contribution is 1.01. The van der Waals surface area contributed by atoms with Crippen LogP contribution in [0.5, 0.6) is 0 Å². The van der Waals surface area contributed by atoms with Crippen molar-refractivity contribution in [2.75, 3.05) is 0 Å². The molecule has 0 aliphatic rings. The SMILES string of the molecule is Cc1cc(C)c(C)c(C(C)Cl)c1C. The van der Waals surface area contributed by atoms with Crippen LogP contribution in [-0.2, 0) is 0 Å². The molecule has 0 fully saturated rings. The Morgan fingerprint density at radius 3 is 1.69 bits per heavy atom. The predicted octanol–water partition coefficient (Wildman–Crippen LogP) is 4.22. The highest BCUT2D eigenvalue weighted by Crippen LogP contribution is 2.30. The van der Waals surface area contributed by atoms with Crippen molar-refractivity contribution < 1.29 is 0 Å². The van der Waals surface area contributed by atoms with E-state index in [2.05, 4.69) is 33.8 Å². The number of rotatable bonds is 1. The monoisotopic (exact) mass is 196 g/mol. The summed E-state index contributed by atoms with van der Waals surface area (Å²) in [7, 11) is 0. The van der Waals surface area contributed by atoms with E-state index in [1.54, 1.807) is 0 Å². The molecular weight excluding hydrogens is 180 g/mol. The Hall–Kier alpha value is -0.490. The Labute approximate surface area is 85.9 Å². The first-order valence-corrected chi connectivity index (χ1v) is 5.10. The first-order chi connectivity index (χ1) is 5.95. The topological polar surface area (TPSA) is 0 Å². The lowest BCUT2D eigenvalue weighted by atomic mass is 9.93. The van der Waals surface area contributed by atoms with Crippen LogP contribution in [-0.4, -0.2) is 0 Å². The molecule has 0 amide bonds. The summed E-state index contributed by atoms with van der Waals surface area (Å²) in [6.45, 7) is 10.6. The summed E-state index contributed by atoms with van der Waals surface area (Å²) in [6, 6.07) is 2.23. The zero-order valence-corrected chi connectivity index (χ0v) is 9.79. The molecule has 0 spiro atoms. The third kappa shape index (κ3) is 1.88. The molecule has 0 bridgehead atoms. The van der Waals surface area contributed by atoms with Gasteiger partial charge in [-0.05, 0) is 62.4 Å². The second-order valence-corrected chi connectivity index (χ2v) is 4.44. The quantitative estimate of drug-likeness (QED) is 0.590. The minimum atomic E-state index is 0.110. The Kier molecular flexibility index (Phi) is 3.02. The molecule has 0 aliphatic carbocycles. The average Bonchev–Trinajstić information content (AvgIpc) is 2.01. The number of alkyl halides is 1. The van der Waals surface area contributed by atoms with E-state index in [1.807, 2.05) is 6.92 Å². The van der Waals surface area contributed by atoms with Crippen molar-refractivity contribution >= 4 is 11.6 Å². The Bertz CT molecular complexity index is 298. The molecule has 0 aliphatic heterocycles. The summed E-state index contributed by atoms with van der Waals surface area (Å²) in [5.41, 5.74) is 6.66. The normalized spacial score (nSPS) is 13.1. The van der Waals surface area contributed by atoms with Crippen LogP contribution in [0.15, 0.2) is 6.07 Å². The minimum absolute atomic E-state index is 0.110. The van der Waals surface area contributed by atoms with Gasteiger partial charge in [0.05, 0.1) is 5.38 Å². The van der Waals surface area contributed by atoms with E-state index in [0.717, 1.165) is 0 Å². The molecule has 0 saturated carbocycles. The smallest absolute Gasteiger partial charge is 0.0562 e. The third-order valence-corrected chi connectivity index (χ3v) is 3.04. The summed E-state index contributed by atoms with van der Waals surface area (Å²) in [5, 5.41) is 0.110. The molecular formula is C12H17Cl. The van der Waals surface area contributed by atoms with Gasteiger partial charge in [-0.2, -0.15) is 0 Å². The molecule has 0 nitrogen and oxygen atoms in total. The summed E-state index contributed by atoms with van der Waals surface area (Å²) in [4.78, 5) is 0. The highest BCUT2D eigenvalue weighted by molar-refractivity contribution is 6.20. The highest BCUT2D eigenvalue weighted by atomic mass is 35.5. The first-order valence-electron chi connectivity index (χ1n) is 4.66. The van der Waals surface area contributed by atoms with E-state index < -0.39 is 0 Å². The lowest BCUT2D eigenvalue weighted by Crippen LogP contribution is -1.99. The van der Waals surface area contributed by atoms with E-state index in [9.17, 15) is 0 Å². The van der Waals surface area contributed by atoms with Crippen molar-refractivity contribution in [2.24, 2.45) is 0 Å². The average molecular weight is 197 g/mol. The van der Waals surface area contributed by atoms with Gasteiger partial charge in [-0.25, -0.2) is 0 Å². The summed E-state index contributed by atoms with van der Waals surface area (Å²) in [6.07, 6.45) is 0. The Morgan fingerprint density at radius 2 is 1.38 bits per heavy atom. The molecule has 0 heterocycles. The van der Waals surface area contributed by atoms with Gasteiger partial charge in [0.15, 0.2) is 0 Å². The van der Waals surface area contributed by atoms with Crippen LogP contribution in [0.25, 0.3) is 0 Å². The second kappa shape index (κ2) is 3.71. The van der Waals surface area contributed by atoms with E-state index in [1.165, 1.54) is 27.8 Å². The number of aryl methyl sites for hydroxylation is 2. The molecule has 1 aromatic rings. The molecule has 13 heavy (non-hydrogen) atoms. The van der Waals surface area contributed by atoms with Crippen LogP contribution in [0.3, 0.4) is 0 Å². The standard InChI is InChI=1S/C12H17Cl/c1-7-6-8(2)10(4)12(9(7)3)11(5)13/h6,11H,1-5H3. The number of hydrogen-bond acceptors (Lipinski definition) is 0. The van der Waals surface area contributed by atoms with E-state index in [0.29, 0.717) is 0 Å². The van der Waals surface area contributed by atoms with Crippen LogP contribution in [0.4, 0.5) is 0 Å². The van der Waals surface area contributed by atoms with E-state index in [-0.39, 0.29) is 5.38 Å². The summed E-state index contributed by atoms with van der Waals surface area (Å²) < 4.78 is 0. The van der Waals surface area contributed by atoms with Gasteiger partial charge in [0.2, 0.25) is 0 Å². The fraction of sp³-hybridized carbons (Fsp3) is 0.500. The second-order valence-electron chi connectivity index (χ2n) is 3.79. The van der Waals surface area contributed by atoms with Gasteiger partial charge in [0.1, 0.15) is 0 Å². The predicted molar refractivity (Wildman–Crippen MR) is 59.7 cm³/mol. The molecule has 72 valence electrons. The number of benzene rings is 1. The van der Waals surface area contributed by atoms with Gasteiger partial charge in [-0.15, -0.1) is 11.6 Å². The molecule has 1 unspecified atom stereocenters. The number of halogens is 1. The van der Waals surface area contributed by atoms with Crippen molar-refractivity contribution in [2.45, 2.75) is 40.0 Å². The lowest BCUT2D eigenvalue weighted by Gasteiger charge is -2.16. The molecule has 1 heteroatoms. The molecule has 0 N–H and O–H groups in total. The molecule has 1 aromatic carbocycles. The fourth-order valence-electron chi connectivity index (χ4n) is 1.84. The van der Waals surface area contributed by atoms with Crippen LogP contribution in [0.2, 0.25) is 0 Å². The zero-order chi connectivity index (χ0) is 10.2. The largest absolute Gasteiger partial charge is 0.118 e. The molecule has 1 rings (SSSR count). The highest BCUT2D eigenvalue weighted by Gasteiger charge is 2.12. The molecule has 0 aromatic heterocycles. The minimum Gasteiger partial charge on any atom is -0.118 e.